The van der Waals surface area contributed by atoms with E-state index in [9.17, 15) is 4.79 Å². The molecule has 2 bridgehead atoms. The van der Waals surface area contributed by atoms with Gasteiger partial charge in [-0.1, -0.05) is 23.7 Å². The Morgan fingerprint density at radius 2 is 2.04 bits per heavy atom. The van der Waals surface area contributed by atoms with Crippen LogP contribution >= 0.6 is 27.5 Å². The second kappa shape index (κ2) is 7.29. The second-order valence-electron chi connectivity index (χ2n) is 7.21. The fourth-order valence-corrected chi connectivity index (χ4v) is 5.05. The number of benzene rings is 1. The SMILES string of the molecule is CN1C2CCC1[C@@H](C(=O)Nc1cccnc1Br)[C@@H](c1ccc(Cl)cc1)C2. The van der Waals surface area contributed by atoms with Crippen molar-refractivity contribution in [1.82, 2.24) is 9.88 Å². The lowest BCUT2D eigenvalue weighted by Crippen LogP contribution is -2.50. The van der Waals surface area contributed by atoms with Crippen molar-refractivity contribution in [3.63, 3.8) is 0 Å². The first-order chi connectivity index (χ1) is 12.5. The van der Waals surface area contributed by atoms with Gasteiger partial charge in [0.15, 0.2) is 0 Å². The van der Waals surface area contributed by atoms with Gasteiger partial charge < -0.3 is 5.32 Å². The number of piperidine rings is 1. The summed E-state index contributed by atoms with van der Waals surface area (Å²) in [4.78, 5) is 19.9. The average Bonchev–Trinajstić information content (AvgIpc) is 2.87. The number of halogens is 2. The molecule has 1 amide bonds. The maximum absolute atomic E-state index is 13.3. The highest BCUT2D eigenvalue weighted by molar-refractivity contribution is 9.10. The molecule has 136 valence electrons. The lowest BCUT2D eigenvalue weighted by molar-refractivity contribution is -0.124. The Kier molecular flexibility index (Phi) is 5.04. The maximum atomic E-state index is 13.3. The molecule has 26 heavy (non-hydrogen) atoms. The smallest absolute Gasteiger partial charge is 0.229 e. The van der Waals surface area contributed by atoms with E-state index in [1.807, 2.05) is 24.3 Å². The van der Waals surface area contributed by atoms with Gasteiger partial charge in [-0.3, -0.25) is 9.69 Å². The predicted molar refractivity (Wildman–Crippen MR) is 107 cm³/mol. The lowest BCUT2D eigenvalue weighted by Gasteiger charge is -2.42. The predicted octanol–water partition coefficient (Wildman–Crippen LogP) is 4.70. The van der Waals surface area contributed by atoms with Crippen LogP contribution in [0.1, 0.15) is 30.7 Å². The zero-order valence-electron chi connectivity index (χ0n) is 14.5. The number of amides is 1. The number of anilines is 1. The van der Waals surface area contributed by atoms with Crippen LogP contribution in [0.5, 0.6) is 0 Å². The van der Waals surface area contributed by atoms with Gasteiger partial charge in [-0.05, 0) is 78.0 Å². The van der Waals surface area contributed by atoms with Crippen molar-refractivity contribution in [2.75, 3.05) is 12.4 Å². The van der Waals surface area contributed by atoms with Crippen molar-refractivity contribution in [2.45, 2.75) is 37.3 Å². The maximum Gasteiger partial charge on any atom is 0.229 e. The Morgan fingerprint density at radius 1 is 1.27 bits per heavy atom. The number of fused-ring (bicyclic) bond motifs is 2. The standard InChI is InChI=1S/C20H21BrClN3O/c1-25-14-8-9-17(25)18(15(11-14)12-4-6-13(22)7-5-12)20(26)24-16-3-2-10-23-19(16)21/h2-7,10,14-15,17-18H,8-9,11H2,1H3,(H,24,26)/t14?,15-,17?,18+/m1/s1. The molecule has 1 N–H and O–H groups in total. The van der Waals surface area contributed by atoms with Gasteiger partial charge in [0.05, 0.1) is 11.6 Å². The summed E-state index contributed by atoms with van der Waals surface area (Å²) in [6.45, 7) is 0. The van der Waals surface area contributed by atoms with Gasteiger partial charge in [0.25, 0.3) is 0 Å². The minimum absolute atomic E-state index is 0.0656. The van der Waals surface area contributed by atoms with Crippen molar-refractivity contribution in [2.24, 2.45) is 5.92 Å². The monoisotopic (exact) mass is 433 g/mol. The number of carbonyl (C=O) groups excluding carboxylic acids is 1. The van der Waals surface area contributed by atoms with Crippen LogP contribution in [-0.4, -0.2) is 34.9 Å². The molecule has 4 nitrogen and oxygen atoms in total. The van der Waals surface area contributed by atoms with E-state index in [-0.39, 0.29) is 23.8 Å². The molecule has 1 aromatic heterocycles. The zero-order valence-corrected chi connectivity index (χ0v) is 16.9. The summed E-state index contributed by atoms with van der Waals surface area (Å²) in [6, 6.07) is 12.5. The molecule has 3 heterocycles. The van der Waals surface area contributed by atoms with Crippen LogP contribution in [0, 0.1) is 5.92 Å². The number of pyridine rings is 1. The number of nitrogens with one attached hydrogen (secondary N) is 1. The Labute approximate surface area is 167 Å². The van der Waals surface area contributed by atoms with E-state index in [1.54, 1.807) is 6.20 Å². The summed E-state index contributed by atoms with van der Waals surface area (Å²) in [5.74, 6) is 0.180. The highest BCUT2D eigenvalue weighted by Crippen LogP contribution is 2.46. The Bertz CT molecular complexity index is 813. The van der Waals surface area contributed by atoms with Crippen molar-refractivity contribution in [3.05, 3.63) is 57.8 Å². The van der Waals surface area contributed by atoms with Gasteiger partial charge in [-0.15, -0.1) is 0 Å². The first kappa shape index (κ1) is 18.0. The molecule has 2 aromatic rings. The van der Waals surface area contributed by atoms with Crippen molar-refractivity contribution >= 4 is 39.1 Å². The van der Waals surface area contributed by atoms with E-state index in [0.29, 0.717) is 10.6 Å². The van der Waals surface area contributed by atoms with E-state index < -0.39 is 0 Å². The molecule has 2 aliphatic rings. The molecule has 2 fully saturated rings. The quantitative estimate of drug-likeness (QED) is 0.712. The summed E-state index contributed by atoms with van der Waals surface area (Å²) in [5, 5.41) is 3.82. The summed E-state index contributed by atoms with van der Waals surface area (Å²) >= 11 is 9.49. The summed E-state index contributed by atoms with van der Waals surface area (Å²) in [5.41, 5.74) is 1.92. The molecule has 2 unspecified atom stereocenters. The molecular formula is C20H21BrClN3O. The topological polar surface area (TPSA) is 45.2 Å². The minimum Gasteiger partial charge on any atom is -0.323 e. The van der Waals surface area contributed by atoms with Crippen LogP contribution in [0.15, 0.2) is 47.2 Å². The first-order valence-corrected chi connectivity index (χ1v) is 10.1. The van der Waals surface area contributed by atoms with Crippen LogP contribution in [0.25, 0.3) is 0 Å². The molecule has 4 atom stereocenters. The van der Waals surface area contributed by atoms with Gasteiger partial charge in [-0.25, -0.2) is 4.98 Å². The third-order valence-electron chi connectivity index (χ3n) is 5.89. The van der Waals surface area contributed by atoms with E-state index >= 15 is 0 Å². The Morgan fingerprint density at radius 3 is 2.77 bits per heavy atom. The van der Waals surface area contributed by atoms with Crippen LogP contribution in [0.4, 0.5) is 5.69 Å². The highest BCUT2D eigenvalue weighted by atomic mass is 79.9. The molecule has 2 saturated heterocycles. The van der Waals surface area contributed by atoms with Crippen molar-refractivity contribution in [1.29, 1.82) is 0 Å². The molecule has 0 saturated carbocycles. The Hall–Kier alpha value is -1.43. The van der Waals surface area contributed by atoms with Crippen molar-refractivity contribution in [3.8, 4) is 0 Å². The number of aromatic nitrogens is 1. The van der Waals surface area contributed by atoms with Crippen molar-refractivity contribution < 1.29 is 4.79 Å². The summed E-state index contributed by atoms with van der Waals surface area (Å²) < 4.78 is 0.657. The van der Waals surface area contributed by atoms with E-state index in [1.165, 1.54) is 5.56 Å². The van der Waals surface area contributed by atoms with Crippen LogP contribution in [-0.2, 0) is 4.79 Å². The third kappa shape index (κ3) is 3.28. The molecular weight excluding hydrogens is 414 g/mol. The van der Waals surface area contributed by atoms with Gasteiger partial charge in [-0.2, -0.15) is 0 Å². The van der Waals surface area contributed by atoms with Gasteiger partial charge >= 0.3 is 0 Å². The average molecular weight is 435 g/mol. The fourth-order valence-electron chi connectivity index (χ4n) is 4.57. The minimum atomic E-state index is -0.0907. The van der Waals surface area contributed by atoms with Gasteiger partial charge in [0.2, 0.25) is 5.91 Å². The number of rotatable bonds is 3. The molecule has 0 radical (unpaired) electrons. The molecule has 1 aromatic carbocycles. The zero-order chi connectivity index (χ0) is 18.3. The first-order valence-electron chi connectivity index (χ1n) is 8.93. The molecule has 0 spiro atoms. The largest absolute Gasteiger partial charge is 0.323 e. The van der Waals surface area contributed by atoms with Gasteiger partial charge in [0.1, 0.15) is 4.60 Å². The molecule has 0 aliphatic carbocycles. The second-order valence-corrected chi connectivity index (χ2v) is 8.40. The van der Waals surface area contributed by atoms with Crippen LogP contribution < -0.4 is 5.32 Å². The van der Waals surface area contributed by atoms with E-state index in [0.717, 1.165) is 30.0 Å². The van der Waals surface area contributed by atoms with E-state index in [4.69, 9.17) is 11.6 Å². The van der Waals surface area contributed by atoms with E-state index in [2.05, 4.69) is 50.3 Å². The number of nitrogens with zero attached hydrogens (tertiary/aromatic N) is 2. The number of hydrogen-bond donors (Lipinski definition) is 1. The summed E-state index contributed by atoms with van der Waals surface area (Å²) in [6.07, 6.45) is 4.93. The van der Waals surface area contributed by atoms with Gasteiger partial charge in [0, 0.05) is 23.3 Å². The molecule has 2 aliphatic heterocycles. The number of carbonyl (C=O) groups is 1. The van der Waals surface area contributed by atoms with Crippen LogP contribution in [0.2, 0.25) is 5.02 Å². The highest BCUT2D eigenvalue weighted by Gasteiger charge is 2.49. The molecule has 6 heteroatoms. The lowest BCUT2D eigenvalue weighted by atomic mass is 9.75. The van der Waals surface area contributed by atoms with Crippen LogP contribution in [0.3, 0.4) is 0 Å². The normalized spacial score (nSPS) is 28.1. The summed E-state index contributed by atoms with van der Waals surface area (Å²) in [7, 11) is 2.15. The fraction of sp³-hybridized carbons (Fsp3) is 0.400. The third-order valence-corrected chi connectivity index (χ3v) is 6.77. The Balaban J connectivity index is 1.65. The molecule has 4 rings (SSSR count). The number of hydrogen-bond acceptors (Lipinski definition) is 3.